The van der Waals surface area contributed by atoms with Crippen molar-refractivity contribution in [3.8, 4) is 0 Å². The third-order valence-corrected chi connectivity index (χ3v) is 5.19. The predicted molar refractivity (Wildman–Crippen MR) is 90.1 cm³/mol. The summed E-state index contributed by atoms with van der Waals surface area (Å²) in [4.78, 5) is 8.08. The normalized spacial score (nSPS) is 26.6. The maximum atomic E-state index is 9.74. The van der Waals surface area contributed by atoms with Gasteiger partial charge < -0.3 is 14.7 Å². The van der Waals surface area contributed by atoms with Crippen molar-refractivity contribution in [3.63, 3.8) is 0 Å². The summed E-state index contributed by atoms with van der Waals surface area (Å²) in [5.74, 6) is 0.393. The highest BCUT2D eigenvalue weighted by molar-refractivity contribution is 6.45. The van der Waals surface area contributed by atoms with Crippen molar-refractivity contribution in [2.45, 2.75) is 38.6 Å². The lowest BCUT2D eigenvalue weighted by molar-refractivity contribution is -0.0832. The molecule has 1 fully saturated rings. The molecule has 1 saturated heterocycles. The largest absolute Gasteiger partial charge is 0.437 e. The van der Waals surface area contributed by atoms with Crippen LogP contribution in [0.5, 0.6) is 0 Å². The van der Waals surface area contributed by atoms with E-state index in [-0.39, 0.29) is 12.7 Å². The van der Waals surface area contributed by atoms with E-state index in [0.717, 1.165) is 48.6 Å². The quantitative estimate of drug-likeness (QED) is 0.870. The van der Waals surface area contributed by atoms with Crippen LogP contribution in [0.15, 0.2) is 29.4 Å². The van der Waals surface area contributed by atoms with Crippen LogP contribution in [0.25, 0.3) is 0 Å². The van der Waals surface area contributed by atoms with Crippen LogP contribution in [0.1, 0.15) is 31.7 Å². The van der Waals surface area contributed by atoms with Gasteiger partial charge in [-0.2, -0.15) is 0 Å². The van der Waals surface area contributed by atoms with E-state index in [0.29, 0.717) is 5.92 Å². The number of oxime groups is 1. The standard InChI is InChI=1S/C16H22BClN2O2/c1-12-11-16(22-19-12,13-3-5-15(18)6-4-13)14-7-9-20(10-8-14)17(2)21/h3-6,14,21H,7-11H2,1-2H3. The van der Waals surface area contributed by atoms with E-state index in [2.05, 4.69) is 22.1 Å². The van der Waals surface area contributed by atoms with Gasteiger partial charge in [-0.15, -0.1) is 0 Å². The minimum absolute atomic E-state index is 0.376. The second-order valence-corrected chi connectivity index (χ2v) is 6.87. The summed E-state index contributed by atoms with van der Waals surface area (Å²) in [6.07, 6.45) is 2.82. The summed E-state index contributed by atoms with van der Waals surface area (Å²) in [6.45, 7) is 5.62. The summed E-state index contributed by atoms with van der Waals surface area (Å²) in [5.41, 5.74) is 1.81. The molecule has 0 amide bonds. The Bertz CT molecular complexity index is 556. The average molecular weight is 321 g/mol. The molecule has 0 bridgehead atoms. The maximum Gasteiger partial charge on any atom is 0.376 e. The first-order chi connectivity index (χ1) is 10.5. The van der Waals surface area contributed by atoms with Crippen LogP contribution in [-0.4, -0.2) is 35.7 Å². The summed E-state index contributed by atoms with van der Waals surface area (Å²) < 4.78 is 0. The summed E-state index contributed by atoms with van der Waals surface area (Å²) in [7, 11) is -0.380. The van der Waals surface area contributed by atoms with Gasteiger partial charge in [-0.25, -0.2) is 0 Å². The molecule has 3 rings (SSSR count). The Kier molecular flexibility index (Phi) is 4.48. The lowest BCUT2D eigenvalue weighted by atomic mass is 9.71. The molecule has 0 radical (unpaired) electrons. The number of nitrogens with zero attached hydrogens (tertiary/aromatic N) is 2. The Morgan fingerprint density at radius 3 is 2.45 bits per heavy atom. The Hall–Kier alpha value is -1.04. The number of benzene rings is 1. The fraction of sp³-hybridized carbons (Fsp3) is 0.562. The summed E-state index contributed by atoms with van der Waals surface area (Å²) in [6, 6.07) is 7.94. The van der Waals surface area contributed by atoms with Gasteiger partial charge >= 0.3 is 7.05 Å². The zero-order valence-corrected chi connectivity index (χ0v) is 13.9. The van der Waals surface area contributed by atoms with E-state index >= 15 is 0 Å². The van der Waals surface area contributed by atoms with Crippen LogP contribution in [0.2, 0.25) is 11.8 Å². The highest BCUT2D eigenvalue weighted by Crippen LogP contribution is 2.46. The molecule has 118 valence electrons. The third kappa shape index (κ3) is 2.90. The minimum atomic E-state index is -0.380. The molecule has 2 aliphatic rings. The summed E-state index contributed by atoms with van der Waals surface area (Å²) in [5, 5.41) is 14.7. The van der Waals surface area contributed by atoms with Gasteiger partial charge in [0.15, 0.2) is 5.60 Å². The second kappa shape index (κ2) is 6.22. The molecule has 0 spiro atoms. The maximum absolute atomic E-state index is 9.74. The zero-order valence-electron chi connectivity index (χ0n) is 13.1. The van der Waals surface area contributed by atoms with Gasteiger partial charge in [0, 0.05) is 17.4 Å². The van der Waals surface area contributed by atoms with E-state index in [1.807, 2.05) is 25.9 Å². The van der Waals surface area contributed by atoms with Crippen molar-refractivity contribution in [2.75, 3.05) is 13.1 Å². The van der Waals surface area contributed by atoms with Gasteiger partial charge in [-0.05, 0) is 57.4 Å². The average Bonchev–Trinajstić information content (AvgIpc) is 2.91. The van der Waals surface area contributed by atoms with Gasteiger partial charge in [-0.1, -0.05) is 28.9 Å². The van der Waals surface area contributed by atoms with Crippen LogP contribution in [0.3, 0.4) is 0 Å². The van der Waals surface area contributed by atoms with E-state index in [9.17, 15) is 5.02 Å². The van der Waals surface area contributed by atoms with Crippen molar-refractivity contribution in [1.29, 1.82) is 0 Å². The number of hydrogen-bond acceptors (Lipinski definition) is 4. The molecule has 2 aliphatic heterocycles. The van der Waals surface area contributed by atoms with Gasteiger partial charge in [0.2, 0.25) is 0 Å². The fourth-order valence-corrected chi connectivity index (χ4v) is 3.81. The van der Waals surface area contributed by atoms with Gasteiger partial charge in [0.05, 0.1) is 5.71 Å². The molecular weight excluding hydrogens is 298 g/mol. The third-order valence-electron chi connectivity index (χ3n) is 4.93. The lowest BCUT2D eigenvalue weighted by Gasteiger charge is -2.41. The number of piperidine rings is 1. The van der Waals surface area contributed by atoms with Gasteiger partial charge in [-0.3, -0.25) is 0 Å². The van der Waals surface area contributed by atoms with Gasteiger partial charge in [0.1, 0.15) is 0 Å². The van der Waals surface area contributed by atoms with Crippen LogP contribution in [0, 0.1) is 5.92 Å². The number of rotatable bonds is 3. The molecule has 1 unspecified atom stereocenters. The van der Waals surface area contributed by atoms with Gasteiger partial charge in [0.25, 0.3) is 0 Å². The zero-order chi connectivity index (χ0) is 15.7. The van der Waals surface area contributed by atoms with Crippen LogP contribution >= 0.6 is 11.6 Å². The Balaban J connectivity index is 1.84. The fourth-order valence-electron chi connectivity index (χ4n) is 3.68. The van der Waals surface area contributed by atoms with Crippen molar-refractivity contribution >= 4 is 24.4 Å². The van der Waals surface area contributed by atoms with E-state index < -0.39 is 0 Å². The first-order valence-electron chi connectivity index (χ1n) is 7.91. The highest BCUT2D eigenvalue weighted by Gasteiger charge is 2.48. The predicted octanol–water partition coefficient (Wildman–Crippen LogP) is 3.15. The lowest BCUT2D eigenvalue weighted by Crippen LogP contribution is -2.48. The smallest absolute Gasteiger partial charge is 0.376 e. The molecule has 6 heteroatoms. The van der Waals surface area contributed by atoms with Crippen LogP contribution < -0.4 is 0 Å². The second-order valence-electron chi connectivity index (χ2n) is 6.43. The summed E-state index contributed by atoms with van der Waals surface area (Å²) >= 11 is 6.03. The SMILES string of the molecule is CB(O)N1CCC(C2(c3ccc(Cl)cc3)CC(C)=NO2)CC1. The molecule has 1 aromatic rings. The topological polar surface area (TPSA) is 45.1 Å². The Labute approximate surface area is 137 Å². The Morgan fingerprint density at radius 1 is 1.32 bits per heavy atom. The molecule has 1 aromatic carbocycles. The van der Waals surface area contributed by atoms with Crippen LogP contribution in [-0.2, 0) is 10.4 Å². The molecule has 0 saturated carbocycles. The number of hydrogen-bond donors (Lipinski definition) is 1. The van der Waals surface area contributed by atoms with E-state index in [1.54, 1.807) is 0 Å². The first kappa shape index (κ1) is 15.8. The molecule has 1 N–H and O–H groups in total. The molecule has 2 heterocycles. The minimum Gasteiger partial charge on any atom is -0.437 e. The highest BCUT2D eigenvalue weighted by atomic mass is 35.5. The molecule has 4 nitrogen and oxygen atoms in total. The molecule has 1 atom stereocenters. The van der Waals surface area contributed by atoms with Crippen molar-refractivity contribution < 1.29 is 9.86 Å². The molecule has 0 aliphatic carbocycles. The van der Waals surface area contributed by atoms with Crippen molar-refractivity contribution in [3.05, 3.63) is 34.9 Å². The van der Waals surface area contributed by atoms with Crippen molar-refractivity contribution in [2.24, 2.45) is 11.1 Å². The Morgan fingerprint density at radius 2 is 1.95 bits per heavy atom. The van der Waals surface area contributed by atoms with Crippen molar-refractivity contribution in [1.82, 2.24) is 4.81 Å². The van der Waals surface area contributed by atoms with E-state index in [4.69, 9.17) is 16.4 Å². The molecule has 22 heavy (non-hydrogen) atoms. The molecular formula is C16H22BClN2O2. The van der Waals surface area contributed by atoms with Crippen LogP contribution in [0.4, 0.5) is 0 Å². The van der Waals surface area contributed by atoms with E-state index in [1.165, 1.54) is 0 Å². The first-order valence-corrected chi connectivity index (χ1v) is 8.29. The molecule has 0 aromatic heterocycles. The number of halogens is 1. The monoisotopic (exact) mass is 320 g/mol.